The van der Waals surface area contributed by atoms with Crippen molar-refractivity contribution in [2.24, 2.45) is 5.10 Å². The minimum absolute atomic E-state index is 0.116. The Hall–Kier alpha value is -3.13. The number of nitrogens with zero attached hydrogens (tertiary/aromatic N) is 3. The van der Waals surface area contributed by atoms with Crippen molar-refractivity contribution in [1.29, 1.82) is 0 Å². The van der Waals surface area contributed by atoms with Gasteiger partial charge in [0.25, 0.3) is 0 Å². The number of hydrogen-bond acceptors (Lipinski definition) is 6. The summed E-state index contributed by atoms with van der Waals surface area (Å²) in [5.41, 5.74) is 0.783. The third-order valence-corrected chi connectivity index (χ3v) is 9.06. The van der Waals surface area contributed by atoms with Crippen LogP contribution in [0.2, 0.25) is 0 Å². The monoisotopic (exact) mass is 594 g/mol. The van der Waals surface area contributed by atoms with Crippen LogP contribution < -0.4 is 15.6 Å². The Morgan fingerprint density at radius 1 is 1.17 bits per heavy atom. The Morgan fingerprint density at radius 3 is 2.67 bits per heavy atom. The largest absolute Gasteiger partial charge is 0.465 e. The van der Waals surface area contributed by atoms with Crippen molar-refractivity contribution in [3.8, 4) is 0 Å². The lowest BCUT2D eigenvalue weighted by atomic mass is 9.78. The number of nitrogens with one attached hydrogen (secondary N) is 1. The van der Waals surface area contributed by atoms with Gasteiger partial charge in [0.1, 0.15) is 23.2 Å². The van der Waals surface area contributed by atoms with Crippen LogP contribution in [-0.2, 0) is 16.0 Å². The van der Waals surface area contributed by atoms with Crippen LogP contribution in [0.15, 0.2) is 58.0 Å². The van der Waals surface area contributed by atoms with E-state index < -0.39 is 23.1 Å². The summed E-state index contributed by atoms with van der Waals surface area (Å²) >= 11 is 0. The van der Waals surface area contributed by atoms with E-state index in [4.69, 9.17) is 14.3 Å². The van der Waals surface area contributed by atoms with Gasteiger partial charge in [0.05, 0.1) is 30.0 Å². The van der Waals surface area contributed by atoms with E-state index in [0.29, 0.717) is 42.8 Å². The van der Waals surface area contributed by atoms with E-state index in [1.54, 1.807) is 11.9 Å². The topological polar surface area (TPSA) is 70.3 Å². The second kappa shape index (κ2) is 11.5. The van der Waals surface area contributed by atoms with E-state index in [-0.39, 0.29) is 17.6 Å². The fourth-order valence-electron chi connectivity index (χ4n) is 6.14. The van der Waals surface area contributed by atoms with Crippen LogP contribution in [0.1, 0.15) is 55.3 Å². The number of furan rings is 1. The number of ether oxygens (including phenoxy) is 1. The first-order chi connectivity index (χ1) is 20.2. The van der Waals surface area contributed by atoms with E-state index in [0.717, 1.165) is 35.8 Å². The number of morpholine rings is 1. The lowest BCUT2D eigenvalue weighted by Crippen LogP contribution is -2.59. The molecule has 2 fully saturated rings. The zero-order valence-electron chi connectivity index (χ0n) is 24.2. The zero-order chi connectivity index (χ0) is 29.6. The summed E-state index contributed by atoms with van der Waals surface area (Å²) in [5.74, 6) is -1.30. The molecule has 3 aromatic rings. The van der Waals surface area contributed by atoms with Gasteiger partial charge in [-0.25, -0.2) is 13.8 Å². The number of anilines is 1. The van der Waals surface area contributed by atoms with Gasteiger partial charge in [-0.2, -0.15) is 5.10 Å². The minimum Gasteiger partial charge on any atom is -0.465 e. The smallest absolute Gasteiger partial charge is 0.249 e. The molecule has 1 aliphatic carbocycles. The van der Waals surface area contributed by atoms with Crippen molar-refractivity contribution < 1.29 is 22.7 Å². The van der Waals surface area contributed by atoms with E-state index >= 15 is 4.39 Å². The Balaban J connectivity index is 1.42. The molecule has 42 heavy (non-hydrogen) atoms. The predicted molar refractivity (Wildman–Crippen MR) is 162 cm³/mol. The molecular weight excluding hydrogens is 557 g/mol. The van der Waals surface area contributed by atoms with Gasteiger partial charge in [0, 0.05) is 43.7 Å². The van der Waals surface area contributed by atoms with E-state index in [2.05, 4.69) is 19.5 Å². The molecule has 0 bridgehead atoms. The molecule has 0 radical (unpaired) electrons. The molecule has 4 atom stereocenters. The normalized spacial score (nSPS) is 24.6. The van der Waals surface area contributed by atoms with Crippen molar-refractivity contribution in [2.75, 3.05) is 31.3 Å². The molecular formula is C32H37F2N4O3P. The number of carbonyl (C=O) groups excluding carboxylic acids is 1. The molecule has 3 aliphatic rings. The Labute approximate surface area is 247 Å². The van der Waals surface area contributed by atoms with Gasteiger partial charge in [0.15, 0.2) is 5.54 Å². The lowest BCUT2D eigenvalue weighted by Gasteiger charge is -2.38. The summed E-state index contributed by atoms with van der Waals surface area (Å²) in [4.78, 5) is 16.9. The Kier molecular flexibility index (Phi) is 7.94. The number of hydrogen-bond donors (Lipinski definition) is 1. The highest BCUT2D eigenvalue weighted by Gasteiger charge is 2.56. The van der Waals surface area contributed by atoms with Gasteiger partial charge in [0.2, 0.25) is 5.91 Å². The number of benzene rings is 2. The molecule has 1 amide bonds. The highest BCUT2D eigenvalue weighted by atomic mass is 31.0. The van der Waals surface area contributed by atoms with Crippen LogP contribution in [-0.4, -0.2) is 60.4 Å². The predicted octanol–water partition coefficient (Wildman–Crippen LogP) is 4.68. The first kappa shape index (κ1) is 29.0. The fraction of sp³-hybridized carbons (Fsp3) is 0.438. The summed E-state index contributed by atoms with van der Waals surface area (Å²) in [7, 11) is 2.72. The van der Waals surface area contributed by atoms with Crippen LogP contribution in [0.5, 0.6) is 0 Å². The van der Waals surface area contributed by atoms with Gasteiger partial charge in [-0.1, -0.05) is 18.6 Å². The molecule has 1 saturated carbocycles. The van der Waals surface area contributed by atoms with Gasteiger partial charge in [-0.3, -0.25) is 9.69 Å². The number of halogens is 2. The average Bonchev–Trinajstić information content (AvgIpc) is 3.64. The van der Waals surface area contributed by atoms with Gasteiger partial charge in [-0.15, -0.1) is 9.24 Å². The highest BCUT2D eigenvalue weighted by Crippen LogP contribution is 2.46. The van der Waals surface area contributed by atoms with Crippen molar-refractivity contribution in [2.45, 2.75) is 63.6 Å². The van der Waals surface area contributed by atoms with Crippen molar-refractivity contribution in [1.82, 2.24) is 10.2 Å². The first-order valence-corrected chi connectivity index (χ1v) is 15.2. The maximum Gasteiger partial charge on any atom is 0.249 e. The third-order valence-electron chi connectivity index (χ3n) is 8.60. The first-order valence-electron chi connectivity index (χ1n) is 14.6. The maximum atomic E-state index is 15.4. The zero-order valence-corrected chi connectivity index (χ0v) is 25.4. The van der Waals surface area contributed by atoms with E-state index in [1.807, 2.05) is 44.2 Å². The number of carbonyl (C=O) groups is 1. The van der Waals surface area contributed by atoms with Crippen LogP contribution >= 0.6 is 9.24 Å². The Morgan fingerprint density at radius 2 is 1.98 bits per heavy atom. The number of hydrazone groups is 1. The molecule has 10 heteroatoms. The summed E-state index contributed by atoms with van der Waals surface area (Å²) in [5, 5.41) is 10.6. The van der Waals surface area contributed by atoms with Gasteiger partial charge < -0.3 is 14.5 Å². The van der Waals surface area contributed by atoms with E-state index in [1.165, 1.54) is 25.0 Å². The number of amides is 1. The lowest BCUT2D eigenvalue weighted by molar-refractivity contribution is -0.127. The number of rotatable bonds is 8. The standard InChI is InChI=1S/C32H37F2N4O3P/c1-4-22-9-12-27(41-22)29-30(24-10-6-20(33)16-25(24)34)36-38(26-11-5-19(2)15-28(26)42)32(29,3)31(39)35-17-23-18-37(13-14-40-23)21-7-8-21/h5-6,9-12,15-16,21,23,29H,4,7-8,13-14,17-18,42H2,1-3H3,(H,35,39). The van der Waals surface area contributed by atoms with Crippen LogP contribution in [0.3, 0.4) is 0 Å². The molecule has 1 N–H and O–H groups in total. The molecule has 2 aliphatic heterocycles. The Bertz CT molecular complexity index is 1520. The molecule has 3 heterocycles. The molecule has 0 spiro atoms. The van der Waals surface area contributed by atoms with Crippen molar-refractivity contribution in [3.63, 3.8) is 0 Å². The van der Waals surface area contributed by atoms with Crippen LogP contribution in [0.25, 0.3) is 0 Å². The van der Waals surface area contributed by atoms with Crippen molar-refractivity contribution >= 4 is 31.9 Å². The summed E-state index contributed by atoms with van der Waals surface area (Å²) in [6.07, 6.45) is 2.94. The number of aryl methyl sites for hydroxylation is 2. The second-order valence-corrected chi connectivity index (χ2v) is 12.3. The molecule has 6 rings (SSSR count). The third kappa shape index (κ3) is 5.38. The highest BCUT2D eigenvalue weighted by molar-refractivity contribution is 7.28. The molecule has 2 aromatic carbocycles. The summed E-state index contributed by atoms with van der Waals surface area (Å²) < 4.78 is 41.6. The quantitative estimate of drug-likeness (QED) is 0.384. The van der Waals surface area contributed by atoms with Gasteiger partial charge in [-0.05, 0) is 68.4 Å². The molecule has 7 nitrogen and oxygen atoms in total. The summed E-state index contributed by atoms with van der Waals surface area (Å²) in [6.45, 7) is 8.41. The summed E-state index contributed by atoms with van der Waals surface area (Å²) in [6, 6.07) is 13.6. The molecule has 222 valence electrons. The molecule has 1 aromatic heterocycles. The van der Waals surface area contributed by atoms with E-state index in [9.17, 15) is 9.18 Å². The second-order valence-electron chi connectivity index (χ2n) is 11.7. The molecule has 1 saturated heterocycles. The van der Waals surface area contributed by atoms with Crippen LogP contribution in [0, 0.1) is 18.6 Å². The van der Waals surface area contributed by atoms with Crippen LogP contribution in [0.4, 0.5) is 14.5 Å². The maximum absolute atomic E-state index is 15.4. The average molecular weight is 595 g/mol. The minimum atomic E-state index is -1.36. The fourth-order valence-corrected chi connectivity index (χ4v) is 6.62. The molecule has 4 unspecified atom stereocenters. The van der Waals surface area contributed by atoms with Crippen molar-refractivity contribution in [3.05, 3.63) is 82.8 Å². The SMILES string of the molecule is CCc1ccc(C2C(c3ccc(F)cc3F)=NN(c3ccc(C)cc3P)C2(C)C(=O)NCC2CN(C3CC3)CCO2)o1. The van der Waals surface area contributed by atoms with Gasteiger partial charge >= 0.3 is 0 Å².